The van der Waals surface area contributed by atoms with E-state index in [1.165, 1.54) is 28.8 Å². The van der Waals surface area contributed by atoms with Crippen LogP contribution in [0.3, 0.4) is 0 Å². The van der Waals surface area contributed by atoms with Crippen LogP contribution in [0.1, 0.15) is 24.8 Å². The lowest BCUT2D eigenvalue weighted by molar-refractivity contribution is -0.127. The minimum Gasteiger partial charge on any atom is -0.338 e. The Morgan fingerprint density at radius 3 is 2.39 bits per heavy atom. The first-order valence-electron chi connectivity index (χ1n) is 10.3. The second kappa shape index (κ2) is 9.36. The number of nitriles is 1. The molecule has 0 unspecified atom stereocenters. The molecule has 0 spiro atoms. The number of anilines is 1. The summed E-state index contributed by atoms with van der Waals surface area (Å²) < 4.78 is 13.3. The van der Waals surface area contributed by atoms with Crippen LogP contribution in [-0.4, -0.2) is 35.1 Å². The average Bonchev–Trinajstić information content (AvgIpc) is 3.12. The molecule has 7 heteroatoms. The third kappa shape index (κ3) is 4.49. The molecule has 0 bridgehead atoms. The van der Waals surface area contributed by atoms with Crippen LogP contribution in [0.15, 0.2) is 65.2 Å². The lowest BCUT2D eigenvalue weighted by atomic mass is 10.1. The van der Waals surface area contributed by atoms with Crippen molar-refractivity contribution in [2.75, 3.05) is 18.0 Å². The molecule has 2 aromatic rings. The summed E-state index contributed by atoms with van der Waals surface area (Å²) in [6, 6.07) is 17.2. The zero-order valence-electron chi connectivity index (χ0n) is 17.0. The largest absolute Gasteiger partial charge is 0.338 e. The highest BCUT2D eigenvalue weighted by Crippen LogP contribution is 2.42. The molecule has 2 amide bonds. The quantitative estimate of drug-likeness (QED) is 0.532. The van der Waals surface area contributed by atoms with Crippen LogP contribution in [0.2, 0.25) is 0 Å². The van der Waals surface area contributed by atoms with Gasteiger partial charge in [-0.2, -0.15) is 5.26 Å². The van der Waals surface area contributed by atoms with Gasteiger partial charge in [0.2, 0.25) is 5.91 Å². The predicted octanol–water partition coefficient (Wildman–Crippen LogP) is 4.26. The van der Waals surface area contributed by atoms with Crippen LogP contribution in [0.5, 0.6) is 0 Å². The first kappa shape index (κ1) is 21.1. The van der Waals surface area contributed by atoms with Crippen LogP contribution in [0, 0.1) is 17.1 Å². The van der Waals surface area contributed by atoms with E-state index >= 15 is 0 Å². The Hall–Kier alpha value is -3.11. The normalized spacial score (nSPS) is 20.5. The minimum absolute atomic E-state index is 0.00529. The Kier molecular flexibility index (Phi) is 6.38. The summed E-state index contributed by atoms with van der Waals surface area (Å²) in [6.07, 6.45) is 3.29. The summed E-state index contributed by atoms with van der Waals surface area (Å²) in [4.78, 5) is 29.7. The topological polar surface area (TPSA) is 64.4 Å². The smallest absolute Gasteiger partial charge is 0.267 e. The lowest BCUT2D eigenvalue weighted by Crippen LogP contribution is -2.37. The number of piperidine rings is 1. The highest BCUT2D eigenvalue weighted by molar-refractivity contribution is 8.05. The Morgan fingerprint density at radius 1 is 1.06 bits per heavy atom. The molecule has 31 heavy (non-hydrogen) atoms. The highest BCUT2D eigenvalue weighted by atomic mass is 32.2. The first-order chi connectivity index (χ1) is 15.1. The molecule has 2 saturated heterocycles. The van der Waals surface area contributed by atoms with Crippen molar-refractivity contribution in [1.82, 2.24) is 4.90 Å². The highest BCUT2D eigenvalue weighted by Gasteiger charge is 2.41. The minimum atomic E-state index is -0.502. The number of halogens is 1. The molecule has 2 heterocycles. The second-order valence-corrected chi connectivity index (χ2v) is 8.78. The van der Waals surface area contributed by atoms with Crippen LogP contribution >= 0.6 is 11.8 Å². The number of rotatable bonds is 4. The van der Waals surface area contributed by atoms with Gasteiger partial charge in [-0.15, -0.1) is 0 Å². The Labute approximate surface area is 185 Å². The number of hydrogen-bond acceptors (Lipinski definition) is 4. The summed E-state index contributed by atoms with van der Waals surface area (Å²) in [5, 5.41) is 9.77. The summed E-state index contributed by atoms with van der Waals surface area (Å²) in [6.45, 7) is 1.25. The summed E-state index contributed by atoms with van der Waals surface area (Å²) in [7, 11) is 0. The molecule has 2 aliphatic heterocycles. The fourth-order valence-electron chi connectivity index (χ4n) is 3.88. The molecule has 0 saturated carbocycles. The van der Waals surface area contributed by atoms with Crippen molar-refractivity contribution in [3.8, 4) is 6.07 Å². The first-order valence-corrected chi connectivity index (χ1v) is 11.2. The molecule has 0 aliphatic carbocycles. The van der Waals surface area contributed by atoms with E-state index in [1.54, 1.807) is 29.2 Å². The molecule has 4 rings (SSSR count). The number of hydrogen-bond donors (Lipinski definition) is 0. The van der Waals surface area contributed by atoms with Gasteiger partial charge in [0.15, 0.2) is 0 Å². The number of thioether (sulfide) groups is 1. The van der Waals surface area contributed by atoms with E-state index in [0.717, 1.165) is 24.8 Å². The summed E-state index contributed by atoms with van der Waals surface area (Å²) in [5.74, 6) is -0.838. The molecule has 5 nitrogen and oxygen atoms in total. The third-order valence-electron chi connectivity index (χ3n) is 5.48. The number of amides is 2. The SMILES string of the molecule is N#C/C(C(=O)N1CCCCC1)=C1\S[C@@H](Cc2ccc(F)cc2)C(=O)N1c1ccccc1. The summed E-state index contributed by atoms with van der Waals surface area (Å²) in [5.41, 5.74) is 1.45. The molecule has 0 radical (unpaired) electrons. The third-order valence-corrected chi connectivity index (χ3v) is 6.75. The predicted molar refractivity (Wildman–Crippen MR) is 118 cm³/mol. The van der Waals surface area contributed by atoms with Gasteiger partial charge < -0.3 is 4.90 Å². The standard InChI is InChI=1S/C24H22FN3O2S/c25-18-11-9-17(10-12-18)15-21-23(30)28(19-7-3-1-4-8-19)24(31-21)20(16-26)22(29)27-13-5-2-6-14-27/h1,3-4,7-12,21H,2,5-6,13-15H2/b24-20+/t21-/m0/s1. The zero-order valence-corrected chi connectivity index (χ0v) is 17.8. The fourth-order valence-corrected chi connectivity index (χ4v) is 5.18. The lowest BCUT2D eigenvalue weighted by Gasteiger charge is -2.27. The van der Waals surface area contributed by atoms with Gasteiger partial charge in [-0.3, -0.25) is 14.5 Å². The number of benzene rings is 2. The van der Waals surface area contributed by atoms with Gasteiger partial charge in [-0.25, -0.2) is 4.39 Å². The van der Waals surface area contributed by atoms with E-state index in [1.807, 2.05) is 18.2 Å². The number of nitrogens with zero attached hydrogens (tertiary/aromatic N) is 3. The van der Waals surface area contributed by atoms with E-state index in [-0.39, 0.29) is 23.2 Å². The van der Waals surface area contributed by atoms with Crippen molar-refractivity contribution < 1.29 is 14.0 Å². The van der Waals surface area contributed by atoms with E-state index in [2.05, 4.69) is 6.07 Å². The van der Waals surface area contributed by atoms with Crippen molar-refractivity contribution in [3.63, 3.8) is 0 Å². The molecule has 2 fully saturated rings. The van der Waals surface area contributed by atoms with Gasteiger partial charge >= 0.3 is 0 Å². The Morgan fingerprint density at radius 2 is 1.74 bits per heavy atom. The van der Waals surface area contributed by atoms with E-state index in [9.17, 15) is 19.2 Å². The molecular formula is C24H22FN3O2S. The average molecular weight is 436 g/mol. The van der Waals surface area contributed by atoms with Crippen molar-refractivity contribution in [2.45, 2.75) is 30.9 Å². The molecule has 1 atom stereocenters. The van der Waals surface area contributed by atoms with E-state index in [4.69, 9.17) is 0 Å². The van der Waals surface area contributed by atoms with Crippen molar-refractivity contribution >= 4 is 29.3 Å². The molecule has 2 aromatic carbocycles. The van der Waals surface area contributed by atoms with Gasteiger partial charge in [-0.1, -0.05) is 42.1 Å². The Bertz CT molecular complexity index is 1040. The van der Waals surface area contributed by atoms with Crippen LogP contribution < -0.4 is 4.90 Å². The number of carbonyl (C=O) groups is 2. The maximum absolute atomic E-state index is 13.4. The van der Waals surface area contributed by atoms with E-state index in [0.29, 0.717) is 30.2 Å². The van der Waals surface area contributed by atoms with Gasteiger partial charge in [-0.05, 0) is 55.5 Å². The van der Waals surface area contributed by atoms with Crippen LogP contribution in [0.4, 0.5) is 10.1 Å². The zero-order chi connectivity index (χ0) is 21.8. The Balaban J connectivity index is 1.71. The number of para-hydroxylation sites is 1. The maximum atomic E-state index is 13.4. The van der Waals surface area contributed by atoms with Crippen molar-refractivity contribution in [1.29, 1.82) is 5.26 Å². The van der Waals surface area contributed by atoms with Gasteiger partial charge in [0.25, 0.3) is 5.91 Å². The van der Waals surface area contributed by atoms with Gasteiger partial charge in [0.1, 0.15) is 22.5 Å². The van der Waals surface area contributed by atoms with E-state index < -0.39 is 5.25 Å². The van der Waals surface area contributed by atoms with Crippen LogP contribution in [0.25, 0.3) is 0 Å². The monoisotopic (exact) mass is 435 g/mol. The molecule has 0 aromatic heterocycles. The number of carbonyl (C=O) groups excluding carboxylic acids is 2. The maximum Gasteiger partial charge on any atom is 0.267 e. The van der Waals surface area contributed by atoms with Crippen molar-refractivity contribution in [2.24, 2.45) is 0 Å². The fraction of sp³-hybridized carbons (Fsp3) is 0.292. The summed E-state index contributed by atoms with van der Waals surface area (Å²) >= 11 is 1.24. The van der Waals surface area contributed by atoms with Crippen LogP contribution in [-0.2, 0) is 16.0 Å². The van der Waals surface area contributed by atoms with Gasteiger partial charge in [0, 0.05) is 18.8 Å². The number of likely N-dealkylation sites (tertiary alicyclic amines) is 1. The van der Waals surface area contributed by atoms with Crippen molar-refractivity contribution in [3.05, 3.63) is 76.6 Å². The molecule has 0 N–H and O–H groups in total. The molecular weight excluding hydrogens is 413 g/mol. The molecule has 2 aliphatic rings. The van der Waals surface area contributed by atoms with Gasteiger partial charge in [0.05, 0.1) is 5.25 Å². The second-order valence-electron chi connectivity index (χ2n) is 7.59. The molecule has 158 valence electrons.